The number of halogens is 3. The van der Waals surface area contributed by atoms with Crippen molar-refractivity contribution in [1.29, 1.82) is 10.5 Å². The number of likely N-dealkylation sites (tertiary alicyclic amines) is 1. The molecule has 4 aromatic rings. The Bertz CT molecular complexity index is 1990. The zero-order chi connectivity index (χ0) is 33.6. The Morgan fingerprint density at radius 1 is 1.00 bits per heavy atom. The first-order valence-corrected chi connectivity index (χ1v) is 15.9. The Balaban J connectivity index is 1.28. The summed E-state index contributed by atoms with van der Waals surface area (Å²) < 4.78 is 45.3. The van der Waals surface area contributed by atoms with E-state index in [0.717, 1.165) is 25.9 Å². The monoisotopic (exact) mass is 651 g/mol. The fourth-order valence-corrected chi connectivity index (χ4v) is 6.84. The average Bonchev–Trinajstić information content (AvgIpc) is 3.56. The molecular weight excluding hydrogens is 619 g/mol. The molecule has 13 heteroatoms. The van der Waals surface area contributed by atoms with Crippen molar-refractivity contribution >= 4 is 17.5 Å². The largest absolute Gasteiger partial charge is 0.416 e. The molecule has 2 aliphatic heterocycles. The molecule has 0 unspecified atom stereocenters. The van der Waals surface area contributed by atoms with E-state index in [-0.39, 0.29) is 36.5 Å². The van der Waals surface area contributed by atoms with E-state index in [1.165, 1.54) is 23.8 Å². The minimum Gasteiger partial charge on any atom is -0.369 e. The topological polar surface area (TPSA) is 127 Å². The summed E-state index contributed by atoms with van der Waals surface area (Å²) in [6.45, 7) is 1.97. The zero-order valence-corrected chi connectivity index (χ0v) is 26.3. The van der Waals surface area contributed by atoms with Crippen molar-refractivity contribution in [3.63, 3.8) is 0 Å². The molecule has 2 aromatic heterocycles. The number of benzene rings is 2. The van der Waals surface area contributed by atoms with Crippen LogP contribution in [0.3, 0.4) is 0 Å². The number of fused-ring (bicyclic) bond motifs is 1. The number of rotatable bonds is 8. The molecule has 0 radical (unpaired) electrons. The third-order valence-corrected chi connectivity index (χ3v) is 9.73. The summed E-state index contributed by atoms with van der Waals surface area (Å²) in [5.41, 5.74) is 2.21. The first-order chi connectivity index (χ1) is 23.1. The lowest BCUT2D eigenvalue weighted by molar-refractivity contribution is -0.138. The maximum atomic E-state index is 14.5. The van der Waals surface area contributed by atoms with Crippen LogP contribution in [0.15, 0.2) is 48.8 Å². The third-order valence-electron chi connectivity index (χ3n) is 9.73. The first-order valence-electron chi connectivity index (χ1n) is 15.9. The molecule has 1 aliphatic carbocycles. The van der Waals surface area contributed by atoms with Crippen LogP contribution in [0.4, 0.5) is 24.8 Å². The number of carbonyl (C=O) groups excluding carboxylic acids is 1. The van der Waals surface area contributed by atoms with Crippen LogP contribution in [0, 0.1) is 28.1 Å². The molecule has 4 heterocycles. The van der Waals surface area contributed by atoms with E-state index in [2.05, 4.69) is 37.5 Å². The number of hydrogen-bond acceptors (Lipinski definition) is 8. The number of hydrogen-bond donors (Lipinski definition) is 1. The molecule has 244 valence electrons. The van der Waals surface area contributed by atoms with Crippen molar-refractivity contribution < 1.29 is 18.0 Å². The molecule has 1 spiro atoms. The molecule has 1 amide bonds. The van der Waals surface area contributed by atoms with E-state index in [4.69, 9.17) is 5.26 Å². The summed E-state index contributed by atoms with van der Waals surface area (Å²) >= 11 is 0. The number of nitrogens with zero attached hydrogens (tertiary/aromatic N) is 8. The molecule has 2 aromatic carbocycles. The van der Waals surface area contributed by atoms with E-state index in [1.807, 2.05) is 0 Å². The fourth-order valence-electron chi connectivity index (χ4n) is 6.84. The zero-order valence-electron chi connectivity index (χ0n) is 26.3. The summed E-state index contributed by atoms with van der Waals surface area (Å²) in [4.78, 5) is 22.1. The van der Waals surface area contributed by atoms with Gasteiger partial charge in [0.15, 0.2) is 5.82 Å². The van der Waals surface area contributed by atoms with Crippen LogP contribution in [0.2, 0.25) is 0 Å². The van der Waals surface area contributed by atoms with Gasteiger partial charge in [0, 0.05) is 31.3 Å². The van der Waals surface area contributed by atoms with Crippen LogP contribution in [-0.2, 0) is 26.3 Å². The summed E-state index contributed by atoms with van der Waals surface area (Å²) in [5, 5.41) is 30.1. The van der Waals surface area contributed by atoms with Crippen molar-refractivity contribution in [2.45, 2.75) is 51.4 Å². The van der Waals surface area contributed by atoms with Gasteiger partial charge in [0.1, 0.15) is 18.0 Å². The van der Waals surface area contributed by atoms with Gasteiger partial charge in [-0.15, -0.1) is 10.2 Å². The molecular formula is C35H32F3N9O. The van der Waals surface area contributed by atoms with E-state index < -0.39 is 17.6 Å². The van der Waals surface area contributed by atoms with Gasteiger partial charge in [-0.2, -0.15) is 23.7 Å². The van der Waals surface area contributed by atoms with Crippen LogP contribution < -0.4 is 10.2 Å². The first kappa shape index (κ1) is 31.3. The summed E-state index contributed by atoms with van der Waals surface area (Å²) in [6, 6.07) is 15.4. The van der Waals surface area contributed by atoms with Crippen LogP contribution >= 0.6 is 0 Å². The van der Waals surface area contributed by atoms with Crippen molar-refractivity contribution in [2.24, 2.45) is 12.5 Å². The number of aryl methyl sites for hydroxylation is 1. The number of nitriles is 2. The lowest BCUT2D eigenvalue weighted by atomic mass is 9.93. The molecule has 0 bridgehead atoms. The molecule has 1 saturated carbocycles. The third kappa shape index (κ3) is 5.98. The Labute approximate surface area is 275 Å². The van der Waals surface area contributed by atoms with Crippen LogP contribution in [0.25, 0.3) is 22.5 Å². The molecule has 2 fully saturated rings. The van der Waals surface area contributed by atoms with Gasteiger partial charge in [0.25, 0.3) is 5.91 Å². The van der Waals surface area contributed by atoms with Crippen molar-refractivity contribution in [2.75, 3.05) is 29.9 Å². The SMILES string of the molecule is Cn1cnnc1-c1ccc(C#N)cc1-c1cc(NCCC#N)nc(N2Cc3c(cc(CN4CCC5(CC4)CC5)cc3C(F)(F)F)C2=O)c1. The van der Waals surface area contributed by atoms with Crippen molar-refractivity contribution in [3.05, 3.63) is 76.6 Å². The van der Waals surface area contributed by atoms with Gasteiger partial charge < -0.3 is 9.88 Å². The predicted molar refractivity (Wildman–Crippen MR) is 171 cm³/mol. The highest BCUT2D eigenvalue weighted by Crippen LogP contribution is 2.53. The molecule has 1 saturated heterocycles. The van der Waals surface area contributed by atoms with E-state index in [1.54, 1.807) is 54.3 Å². The second-order valence-electron chi connectivity index (χ2n) is 12.9. The van der Waals surface area contributed by atoms with Gasteiger partial charge in [-0.1, -0.05) is 0 Å². The number of carbonyl (C=O) groups is 1. The molecule has 1 N–H and O–H groups in total. The lowest BCUT2D eigenvalue weighted by Crippen LogP contribution is -2.34. The highest BCUT2D eigenvalue weighted by atomic mass is 19.4. The van der Waals surface area contributed by atoms with Gasteiger partial charge >= 0.3 is 6.18 Å². The normalized spacial score (nSPS) is 16.9. The van der Waals surface area contributed by atoms with E-state index in [0.29, 0.717) is 51.4 Å². The van der Waals surface area contributed by atoms with Crippen LogP contribution in [0.5, 0.6) is 0 Å². The highest BCUT2D eigenvalue weighted by molar-refractivity contribution is 6.10. The van der Waals surface area contributed by atoms with E-state index >= 15 is 0 Å². The Hall–Kier alpha value is -5.27. The number of pyridine rings is 1. The maximum Gasteiger partial charge on any atom is 0.416 e. The average molecular weight is 652 g/mol. The maximum absolute atomic E-state index is 14.5. The molecule has 3 aliphatic rings. The van der Waals surface area contributed by atoms with Crippen molar-refractivity contribution in [1.82, 2.24) is 24.6 Å². The van der Waals surface area contributed by atoms with Gasteiger partial charge in [-0.25, -0.2) is 4.98 Å². The number of piperidine rings is 1. The minimum atomic E-state index is -4.65. The van der Waals surface area contributed by atoms with Crippen molar-refractivity contribution in [3.8, 4) is 34.7 Å². The summed E-state index contributed by atoms with van der Waals surface area (Å²) in [7, 11) is 1.78. The molecule has 10 nitrogen and oxygen atoms in total. The highest BCUT2D eigenvalue weighted by Gasteiger charge is 2.45. The van der Waals surface area contributed by atoms with Gasteiger partial charge in [-0.05, 0) is 109 Å². The summed E-state index contributed by atoms with van der Waals surface area (Å²) in [5.74, 6) is 0.419. The molecule has 7 rings (SSSR count). The number of alkyl halides is 3. The number of amides is 1. The smallest absolute Gasteiger partial charge is 0.369 e. The number of anilines is 2. The predicted octanol–water partition coefficient (Wildman–Crippen LogP) is 6.30. The van der Waals surface area contributed by atoms with Gasteiger partial charge in [0.05, 0.1) is 36.2 Å². The van der Waals surface area contributed by atoms with Crippen LogP contribution in [-0.4, -0.2) is 50.2 Å². The Morgan fingerprint density at radius 2 is 1.79 bits per heavy atom. The van der Waals surface area contributed by atoms with Gasteiger partial charge in [0.2, 0.25) is 0 Å². The Kier molecular flexibility index (Phi) is 7.88. The number of nitrogens with one attached hydrogen (secondary N) is 1. The second-order valence-corrected chi connectivity index (χ2v) is 12.9. The lowest BCUT2D eigenvalue weighted by Gasteiger charge is -2.32. The quantitative estimate of drug-likeness (QED) is 0.220. The number of aromatic nitrogens is 4. The minimum absolute atomic E-state index is 0.0212. The van der Waals surface area contributed by atoms with Gasteiger partial charge in [-0.3, -0.25) is 14.6 Å². The second kappa shape index (κ2) is 12.1. The fraction of sp³-hybridized carbons (Fsp3) is 0.371. The van der Waals surface area contributed by atoms with E-state index in [9.17, 15) is 23.2 Å². The van der Waals surface area contributed by atoms with Crippen LogP contribution in [0.1, 0.15) is 64.7 Å². The molecule has 0 atom stereocenters. The molecule has 48 heavy (non-hydrogen) atoms. The summed E-state index contributed by atoms with van der Waals surface area (Å²) in [6.07, 6.45) is 1.65. The standard InChI is InChI=1S/C35H32F3N9O/c1-45-21-42-44-32(45)25-4-3-22(18-40)13-26(25)24-16-30(41-10-2-9-39)43-31(17-24)47-20-28-27(33(47)48)14-23(15-29(28)35(36,37)38)19-46-11-7-34(5-6-34)8-12-46/h3-4,13-17,21H,2,5-8,10-12,19-20H2,1H3,(H,41,43). The Morgan fingerprint density at radius 3 is 2.46 bits per heavy atom.